The molecular weight excluding hydrogens is 298 g/mol. The Kier molecular flexibility index (Phi) is 3.87. The average molecular weight is 311 g/mol. The van der Waals surface area contributed by atoms with Crippen molar-refractivity contribution in [1.29, 1.82) is 5.26 Å². The van der Waals surface area contributed by atoms with E-state index >= 15 is 0 Å². The first-order valence-corrected chi connectivity index (χ1v) is 7.48. The lowest BCUT2D eigenvalue weighted by molar-refractivity contribution is 0.341. The largest absolute Gasteiger partial charge is 0.493 e. The molecule has 0 aliphatic rings. The Bertz CT molecular complexity index is 868. The van der Waals surface area contributed by atoms with Gasteiger partial charge in [0.2, 0.25) is 0 Å². The van der Waals surface area contributed by atoms with Crippen molar-refractivity contribution in [2.45, 2.75) is 6.92 Å². The predicted molar refractivity (Wildman–Crippen MR) is 86.5 cm³/mol. The van der Waals surface area contributed by atoms with Gasteiger partial charge in [-0.2, -0.15) is 5.26 Å². The fourth-order valence-electron chi connectivity index (χ4n) is 2.24. The van der Waals surface area contributed by atoms with Crippen LogP contribution < -0.4 is 16.0 Å². The maximum atomic E-state index is 9.55. The minimum atomic E-state index is 0.506. The highest BCUT2D eigenvalue weighted by Gasteiger charge is 2.20. The lowest BCUT2D eigenvalue weighted by Gasteiger charge is -2.08. The Labute approximate surface area is 131 Å². The van der Waals surface area contributed by atoms with Crippen LogP contribution in [0.3, 0.4) is 0 Å². The van der Waals surface area contributed by atoms with Crippen molar-refractivity contribution in [1.82, 2.24) is 9.97 Å². The van der Waals surface area contributed by atoms with E-state index in [-0.39, 0.29) is 0 Å². The van der Waals surface area contributed by atoms with Gasteiger partial charge in [0.25, 0.3) is 0 Å². The van der Waals surface area contributed by atoms with Crippen molar-refractivity contribution < 1.29 is 4.74 Å². The molecule has 3 aromatic rings. The van der Waals surface area contributed by atoms with Crippen LogP contribution >= 0.6 is 11.3 Å². The fourth-order valence-corrected chi connectivity index (χ4v) is 3.43. The second-order valence-corrected chi connectivity index (χ2v) is 5.41. The van der Waals surface area contributed by atoms with Gasteiger partial charge in [-0.1, -0.05) is 12.1 Å². The molecule has 3 rings (SSSR count). The highest BCUT2D eigenvalue weighted by Crippen LogP contribution is 2.42. The molecule has 0 radical (unpaired) electrons. The molecule has 110 valence electrons. The van der Waals surface area contributed by atoms with Gasteiger partial charge in [0.05, 0.1) is 21.7 Å². The van der Waals surface area contributed by atoms with Gasteiger partial charge in [0.15, 0.2) is 5.82 Å². The number of nitrogens with zero attached hydrogens (tertiary/aromatic N) is 3. The van der Waals surface area contributed by atoms with E-state index in [4.69, 9.17) is 10.6 Å². The van der Waals surface area contributed by atoms with Gasteiger partial charge in [-0.15, -0.1) is 11.3 Å². The molecule has 0 saturated carbocycles. The first-order valence-electron chi connectivity index (χ1n) is 6.66. The summed E-state index contributed by atoms with van der Waals surface area (Å²) in [7, 11) is 0. The zero-order valence-electron chi connectivity index (χ0n) is 11.8. The van der Waals surface area contributed by atoms with E-state index in [0.29, 0.717) is 23.5 Å². The monoisotopic (exact) mass is 311 g/mol. The minimum absolute atomic E-state index is 0.506. The van der Waals surface area contributed by atoms with E-state index in [0.717, 1.165) is 20.9 Å². The third kappa shape index (κ3) is 2.24. The number of hydrogen-bond acceptors (Lipinski definition) is 7. The van der Waals surface area contributed by atoms with Gasteiger partial charge in [0, 0.05) is 5.56 Å². The summed E-state index contributed by atoms with van der Waals surface area (Å²) in [5, 5.41) is 9.55. The highest BCUT2D eigenvalue weighted by molar-refractivity contribution is 7.23. The van der Waals surface area contributed by atoms with Crippen LogP contribution in [-0.4, -0.2) is 16.6 Å². The Morgan fingerprint density at radius 1 is 1.36 bits per heavy atom. The van der Waals surface area contributed by atoms with Crippen molar-refractivity contribution in [3.63, 3.8) is 0 Å². The van der Waals surface area contributed by atoms with E-state index in [9.17, 15) is 5.26 Å². The number of fused-ring (bicyclic) bond motifs is 1. The molecule has 2 aromatic heterocycles. The Morgan fingerprint density at radius 2 is 2.18 bits per heavy atom. The van der Waals surface area contributed by atoms with Crippen molar-refractivity contribution in [3.05, 3.63) is 36.2 Å². The molecule has 22 heavy (non-hydrogen) atoms. The number of benzene rings is 1. The summed E-state index contributed by atoms with van der Waals surface area (Å²) in [6, 6.07) is 9.87. The van der Waals surface area contributed by atoms with Crippen molar-refractivity contribution >= 4 is 27.4 Å². The van der Waals surface area contributed by atoms with Gasteiger partial charge in [-0.05, 0) is 19.1 Å². The number of thiophene rings is 1. The van der Waals surface area contributed by atoms with E-state index in [2.05, 4.69) is 21.5 Å². The molecule has 0 fully saturated rings. The minimum Gasteiger partial charge on any atom is -0.493 e. The van der Waals surface area contributed by atoms with Crippen LogP contribution in [0, 0.1) is 11.3 Å². The number of aromatic nitrogens is 2. The Hall–Kier alpha value is -2.69. The maximum Gasteiger partial charge on any atom is 0.161 e. The van der Waals surface area contributed by atoms with Gasteiger partial charge in [-0.3, -0.25) is 0 Å². The molecule has 0 atom stereocenters. The van der Waals surface area contributed by atoms with Crippen LogP contribution in [0.2, 0.25) is 0 Å². The molecule has 0 saturated heterocycles. The van der Waals surface area contributed by atoms with E-state index in [1.807, 2.05) is 31.2 Å². The number of nitrogens with two attached hydrogens (primary N) is 1. The number of nitrogen functional groups attached to an aromatic ring is 1. The summed E-state index contributed by atoms with van der Waals surface area (Å²) >= 11 is 1.42. The average Bonchev–Trinajstić information content (AvgIpc) is 2.94. The summed E-state index contributed by atoms with van der Waals surface area (Å²) < 4.78 is 6.42. The number of anilines is 1. The van der Waals surface area contributed by atoms with Crippen molar-refractivity contribution in [2.75, 3.05) is 12.0 Å². The number of nitrogens with one attached hydrogen (secondary N) is 1. The van der Waals surface area contributed by atoms with Crippen LogP contribution in [0.1, 0.15) is 12.5 Å². The Morgan fingerprint density at radius 3 is 2.91 bits per heavy atom. The first kappa shape index (κ1) is 14.3. The second kappa shape index (κ2) is 5.97. The SMILES string of the molecule is CCOc1ccccc1-c1sc2c(NN)ncnc2c1C#N. The molecular formula is C15H13N5OS. The third-order valence-electron chi connectivity index (χ3n) is 3.15. The predicted octanol–water partition coefficient (Wildman–Crippen LogP) is 2.91. The smallest absolute Gasteiger partial charge is 0.161 e. The van der Waals surface area contributed by atoms with Gasteiger partial charge in [-0.25, -0.2) is 15.8 Å². The lowest BCUT2D eigenvalue weighted by atomic mass is 10.1. The van der Waals surface area contributed by atoms with E-state index < -0.39 is 0 Å². The molecule has 0 amide bonds. The van der Waals surface area contributed by atoms with Gasteiger partial charge in [0.1, 0.15) is 23.7 Å². The molecule has 0 spiro atoms. The summed E-state index contributed by atoms with van der Waals surface area (Å²) in [5.74, 6) is 6.74. The number of ether oxygens (including phenoxy) is 1. The normalized spacial score (nSPS) is 10.4. The highest BCUT2D eigenvalue weighted by atomic mass is 32.1. The first-order chi connectivity index (χ1) is 10.8. The van der Waals surface area contributed by atoms with E-state index in [1.165, 1.54) is 17.7 Å². The summed E-state index contributed by atoms with van der Waals surface area (Å²) in [6.45, 7) is 2.48. The third-order valence-corrected chi connectivity index (χ3v) is 4.37. The lowest BCUT2D eigenvalue weighted by Crippen LogP contribution is -2.08. The second-order valence-electron chi connectivity index (χ2n) is 4.39. The quantitative estimate of drug-likeness (QED) is 0.568. The summed E-state index contributed by atoms with van der Waals surface area (Å²) in [5.41, 5.74) is 4.51. The van der Waals surface area contributed by atoms with Crippen molar-refractivity contribution in [3.8, 4) is 22.3 Å². The molecule has 6 nitrogen and oxygen atoms in total. The molecule has 1 aromatic carbocycles. The Balaban J connectivity index is 2.30. The fraction of sp³-hybridized carbons (Fsp3) is 0.133. The molecule has 2 heterocycles. The standard InChI is InChI=1S/C15H13N5OS/c1-2-21-11-6-4-3-5-9(11)13-10(7-16)12-14(22-13)15(20-17)19-8-18-12/h3-6,8H,2,17H2,1H3,(H,18,19,20). The molecule has 0 aliphatic carbocycles. The maximum absolute atomic E-state index is 9.55. The van der Waals surface area contributed by atoms with Gasteiger partial charge >= 0.3 is 0 Å². The van der Waals surface area contributed by atoms with Crippen LogP contribution in [0.25, 0.3) is 20.7 Å². The molecule has 0 aliphatic heterocycles. The topological polar surface area (TPSA) is 96.8 Å². The summed E-state index contributed by atoms with van der Waals surface area (Å²) in [4.78, 5) is 9.12. The molecule has 0 bridgehead atoms. The van der Waals surface area contributed by atoms with Crippen LogP contribution in [0.4, 0.5) is 5.82 Å². The van der Waals surface area contributed by atoms with Gasteiger partial charge < -0.3 is 10.2 Å². The van der Waals surface area contributed by atoms with Crippen LogP contribution in [0.15, 0.2) is 30.6 Å². The zero-order valence-corrected chi connectivity index (χ0v) is 12.6. The summed E-state index contributed by atoms with van der Waals surface area (Å²) in [6.07, 6.45) is 1.39. The number of nitriles is 1. The number of hydrazine groups is 1. The number of hydrogen-bond donors (Lipinski definition) is 2. The van der Waals surface area contributed by atoms with Crippen LogP contribution in [0.5, 0.6) is 5.75 Å². The zero-order chi connectivity index (χ0) is 15.5. The van der Waals surface area contributed by atoms with Crippen LogP contribution in [-0.2, 0) is 0 Å². The molecule has 3 N–H and O–H groups in total. The number of para-hydroxylation sites is 1. The van der Waals surface area contributed by atoms with Crippen molar-refractivity contribution in [2.24, 2.45) is 5.84 Å². The van der Waals surface area contributed by atoms with E-state index in [1.54, 1.807) is 0 Å². The molecule has 7 heteroatoms. The number of rotatable bonds is 4. The molecule has 0 unspecified atom stereocenters.